The second kappa shape index (κ2) is 9.34. The second-order valence-electron chi connectivity index (χ2n) is 5.77. The number of hydrogen-bond acceptors (Lipinski definition) is 4. The molecule has 25 heavy (non-hydrogen) atoms. The normalized spacial score (nSPS) is 11.8. The van der Waals surface area contributed by atoms with Gasteiger partial charge in [0, 0.05) is 24.5 Å². The Morgan fingerprint density at radius 1 is 1.28 bits per heavy atom. The summed E-state index contributed by atoms with van der Waals surface area (Å²) in [5.41, 5.74) is 0.901. The lowest BCUT2D eigenvalue weighted by molar-refractivity contribution is 0.108. The van der Waals surface area contributed by atoms with E-state index in [2.05, 4.69) is 10.6 Å². The zero-order valence-electron chi connectivity index (χ0n) is 14.3. The highest BCUT2D eigenvalue weighted by atomic mass is 35.5. The average Bonchev–Trinajstić information content (AvgIpc) is 2.99. The second-order valence-corrected chi connectivity index (χ2v) is 6.18. The van der Waals surface area contributed by atoms with Gasteiger partial charge in [0.1, 0.15) is 30.0 Å². The van der Waals surface area contributed by atoms with Crippen LogP contribution < -0.4 is 15.4 Å². The Morgan fingerprint density at radius 3 is 2.76 bits per heavy atom. The van der Waals surface area contributed by atoms with Crippen molar-refractivity contribution < 1.29 is 19.1 Å². The van der Waals surface area contributed by atoms with Gasteiger partial charge in [0.25, 0.3) is 0 Å². The predicted octanol–water partition coefficient (Wildman–Crippen LogP) is 2.83. The van der Waals surface area contributed by atoms with E-state index in [0.717, 1.165) is 17.1 Å². The molecule has 0 aliphatic carbocycles. The largest absolute Gasteiger partial charge is 0.491 e. The average molecular weight is 367 g/mol. The van der Waals surface area contributed by atoms with Gasteiger partial charge in [-0.15, -0.1) is 0 Å². The molecule has 1 heterocycles. The van der Waals surface area contributed by atoms with E-state index in [4.69, 9.17) is 20.8 Å². The number of carbonyl (C=O) groups is 1. The highest BCUT2D eigenvalue weighted by Gasteiger charge is 2.09. The Hall–Kier alpha value is -2.18. The first-order valence-corrected chi connectivity index (χ1v) is 8.46. The van der Waals surface area contributed by atoms with Crippen LogP contribution in [0.1, 0.15) is 17.1 Å². The van der Waals surface area contributed by atoms with Crippen molar-refractivity contribution in [1.82, 2.24) is 10.6 Å². The first kappa shape index (κ1) is 19.1. The fourth-order valence-electron chi connectivity index (χ4n) is 2.15. The molecule has 0 unspecified atom stereocenters. The lowest BCUT2D eigenvalue weighted by Crippen LogP contribution is -2.41. The highest BCUT2D eigenvalue weighted by Crippen LogP contribution is 2.21. The number of furan rings is 1. The zero-order chi connectivity index (χ0) is 18.2. The Balaban J connectivity index is 1.61. The molecule has 2 amide bonds. The number of aryl methyl sites for hydroxylation is 2. The van der Waals surface area contributed by atoms with Crippen molar-refractivity contribution in [3.05, 3.63) is 52.4 Å². The van der Waals surface area contributed by atoms with E-state index in [1.165, 1.54) is 0 Å². The van der Waals surface area contributed by atoms with E-state index in [9.17, 15) is 9.90 Å². The molecule has 2 aromatic rings. The van der Waals surface area contributed by atoms with Gasteiger partial charge in [0.05, 0.1) is 0 Å². The lowest BCUT2D eigenvalue weighted by Gasteiger charge is -2.14. The van der Waals surface area contributed by atoms with Crippen LogP contribution in [-0.4, -0.2) is 36.9 Å². The van der Waals surface area contributed by atoms with Crippen LogP contribution >= 0.6 is 11.6 Å². The molecule has 0 aliphatic rings. The van der Waals surface area contributed by atoms with Gasteiger partial charge in [0.2, 0.25) is 0 Å². The summed E-state index contributed by atoms with van der Waals surface area (Å²) in [5.74, 6) is 2.29. The van der Waals surface area contributed by atoms with Gasteiger partial charge >= 0.3 is 6.03 Å². The van der Waals surface area contributed by atoms with E-state index in [1.54, 1.807) is 18.2 Å². The summed E-state index contributed by atoms with van der Waals surface area (Å²) >= 11 is 5.94. The van der Waals surface area contributed by atoms with Gasteiger partial charge < -0.3 is 24.9 Å². The van der Waals surface area contributed by atoms with E-state index in [0.29, 0.717) is 23.7 Å². The molecule has 6 nitrogen and oxygen atoms in total. The van der Waals surface area contributed by atoms with Gasteiger partial charge in [-0.25, -0.2) is 4.79 Å². The number of ether oxygens (including phenoxy) is 1. The molecule has 1 atom stereocenters. The van der Waals surface area contributed by atoms with Crippen LogP contribution in [0.25, 0.3) is 0 Å². The number of amides is 2. The topological polar surface area (TPSA) is 83.7 Å². The molecule has 0 saturated heterocycles. The number of hydrogen-bond donors (Lipinski definition) is 3. The summed E-state index contributed by atoms with van der Waals surface area (Å²) < 4.78 is 10.9. The third-order valence-electron chi connectivity index (χ3n) is 3.52. The third kappa shape index (κ3) is 6.68. The third-order valence-corrected chi connectivity index (χ3v) is 3.95. The summed E-state index contributed by atoms with van der Waals surface area (Å²) in [6, 6.07) is 8.70. The van der Waals surface area contributed by atoms with Crippen molar-refractivity contribution >= 4 is 17.6 Å². The molecule has 0 spiro atoms. The molecule has 0 bridgehead atoms. The molecule has 2 rings (SSSR count). The number of nitrogens with one attached hydrogen (secondary N) is 2. The van der Waals surface area contributed by atoms with Crippen LogP contribution in [0.2, 0.25) is 5.02 Å². The maximum Gasteiger partial charge on any atom is 0.314 e. The van der Waals surface area contributed by atoms with Gasteiger partial charge in [-0.2, -0.15) is 0 Å². The number of carbonyl (C=O) groups excluding carboxylic acids is 1. The van der Waals surface area contributed by atoms with Gasteiger partial charge in [-0.05, 0) is 49.7 Å². The molecule has 0 radical (unpaired) electrons. The van der Waals surface area contributed by atoms with Crippen LogP contribution in [0.5, 0.6) is 5.75 Å². The standard InChI is InChI=1S/C18H23ClN2O4/c1-12-9-16(5-6-17(12)19)24-11-14(22)10-21-18(23)20-8-7-15-4-3-13(2)25-15/h3-6,9,14,22H,7-8,10-11H2,1-2H3,(H2,20,21,23)/t14-/m1/s1. The molecule has 0 saturated carbocycles. The van der Waals surface area contributed by atoms with Crippen LogP contribution in [0.15, 0.2) is 34.7 Å². The Kier molecular flexibility index (Phi) is 7.16. The number of halogens is 1. The molecule has 0 aliphatic heterocycles. The van der Waals surface area contributed by atoms with Crippen LogP contribution in [0.3, 0.4) is 0 Å². The molecule has 0 fully saturated rings. The van der Waals surface area contributed by atoms with Crippen molar-refractivity contribution in [2.24, 2.45) is 0 Å². The molecule has 136 valence electrons. The number of aliphatic hydroxyl groups excluding tert-OH is 1. The minimum Gasteiger partial charge on any atom is -0.491 e. The Morgan fingerprint density at radius 2 is 2.08 bits per heavy atom. The summed E-state index contributed by atoms with van der Waals surface area (Å²) in [5, 5.41) is 15.8. The molecular formula is C18H23ClN2O4. The molecule has 3 N–H and O–H groups in total. The van der Waals surface area contributed by atoms with Crippen LogP contribution in [-0.2, 0) is 6.42 Å². The SMILES string of the molecule is Cc1ccc(CCNC(=O)NC[C@@H](O)COc2ccc(Cl)c(C)c2)o1. The van der Waals surface area contributed by atoms with Gasteiger partial charge in [-0.3, -0.25) is 0 Å². The number of urea groups is 1. The lowest BCUT2D eigenvalue weighted by atomic mass is 10.2. The molecule has 7 heteroatoms. The predicted molar refractivity (Wildman–Crippen MR) is 96.2 cm³/mol. The van der Waals surface area contributed by atoms with Crippen molar-refractivity contribution in [2.45, 2.75) is 26.4 Å². The number of aliphatic hydroxyl groups is 1. The smallest absolute Gasteiger partial charge is 0.314 e. The zero-order valence-corrected chi connectivity index (χ0v) is 15.1. The van der Waals surface area contributed by atoms with Crippen molar-refractivity contribution in [3.8, 4) is 5.75 Å². The van der Waals surface area contributed by atoms with E-state index in [1.807, 2.05) is 26.0 Å². The number of rotatable bonds is 8. The Bertz CT molecular complexity index is 702. The first-order valence-electron chi connectivity index (χ1n) is 8.08. The fourth-order valence-corrected chi connectivity index (χ4v) is 2.27. The molecular weight excluding hydrogens is 344 g/mol. The van der Waals surface area contributed by atoms with Gasteiger partial charge in [-0.1, -0.05) is 11.6 Å². The quantitative estimate of drug-likeness (QED) is 0.670. The van der Waals surface area contributed by atoms with Crippen LogP contribution in [0.4, 0.5) is 4.79 Å². The van der Waals surface area contributed by atoms with E-state index < -0.39 is 6.10 Å². The number of benzene rings is 1. The maximum atomic E-state index is 11.7. The van der Waals surface area contributed by atoms with Crippen molar-refractivity contribution in [3.63, 3.8) is 0 Å². The summed E-state index contributed by atoms with van der Waals surface area (Å²) in [6.45, 7) is 4.38. The van der Waals surface area contributed by atoms with E-state index >= 15 is 0 Å². The maximum absolute atomic E-state index is 11.7. The summed E-state index contributed by atoms with van der Waals surface area (Å²) in [4.78, 5) is 11.7. The van der Waals surface area contributed by atoms with Crippen molar-refractivity contribution in [2.75, 3.05) is 19.7 Å². The summed E-state index contributed by atoms with van der Waals surface area (Å²) in [6.07, 6.45) is -0.197. The highest BCUT2D eigenvalue weighted by molar-refractivity contribution is 6.31. The summed E-state index contributed by atoms with van der Waals surface area (Å²) in [7, 11) is 0. The monoisotopic (exact) mass is 366 g/mol. The minimum atomic E-state index is -0.811. The van der Waals surface area contributed by atoms with Crippen LogP contribution in [0, 0.1) is 13.8 Å². The minimum absolute atomic E-state index is 0.0764. The van der Waals surface area contributed by atoms with E-state index in [-0.39, 0.29) is 19.2 Å². The van der Waals surface area contributed by atoms with Gasteiger partial charge in [0.15, 0.2) is 0 Å². The first-order chi connectivity index (χ1) is 11.9. The molecule has 1 aromatic heterocycles. The Labute approximate surface area is 152 Å². The van der Waals surface area contributed by atoms with Crippen molar-refractivity contribution in [1.29, 1.82) is 0 Å². The molecule has 1 aromatic carbocycles. The fraction of sp³-hybridized carbons (Fsp3) is 0.389.